The van der Waals surface area contributed by atoms with Crippen molar-refractivity contribution in [2.24, 2.45) is 0 Å². The zero-order valence-corrected chi connectivity index (χ0v) is 11.9. The number of nitrogens with one attached hydrogen (secondary N) is 1. The average molecular weight is 314 g/mol. The fourth-order valence-corrected chi connectivity index (χ4v) is 2.75. The molecule has 5 nitrogen and oxygen atoms in total. The van der Waals surface area contributed by atoms with Crippen molar-refractivity contribution < 1.29 is 13.5 Å². The van der Waals surface area contributed by atoms with E-state index < -0.39 is 6.43 Å². The van der Waals surface area contributed by atoms with Gasteiger partial charge in [0, 0.05) is 17.5 Å². The molecule has 1 unspecified atom stereocenters. The smallest absolute Gasteiger partial charge is 0.263 e. The molecule has 0 aliphatic carbocycles. The zero-order valence-electron chi connectivity index (χ0n) is 11.9. The molecule has 3 aromatic rings. The van der Waals surface area contributed by atoms with E-state index in [2.05, 4.69) is 20.6 Å². The van der Waals surface area contributed by atoms with E-state index in [-0.39, 0.29) is 11.7 Å². The average Bonchev–Trinajstić information content (AvgIpc) is 3.23. The first-order chi connectivity index (χ1) is 11.2. The number of alkyl halides is 2. The van der Waals surface area contributed by atoms with E-state index in [1.165, 1.54) is 12.1 Å². The minimum atomic E-state index is -2.47. The Kier molecular flexibility index (Phi) is 3.25. The largest absolute Gasteiger partial charge is 0.485 e. The molecule has 2 aromatic carbocycles. The fraction of sp³-hybridized carbons (Fsp3) is 0.188. The van der Waals surface area contributed by atoms with Gasteiger partial charge in [-0.2, -0.15) is 5.21 Å². The molecule has 1 aliphatic rings. The van der Waals surface area contributed by atoms with Crippen LogP contribution >= 0.6 is 0 Å². The lowest BCUT2D eigenvalue weighted by molar-refractivity contribution is 0.151. The molecule has 0 spiro atoms. The summed E-state index contributed by atoms with van der Waals surface area (Å²) in [5.74, 6) is 1.16. The molecule has 116 valence electrons. The second-order valence-electron chi connectivity index (χ2n) is 5.34. The minimum Gasteiger partial charge on any atom is -0.485 e. The van der Waals surface area contributed by atoms with Crippen LogP contribution in [0.3, 0.4) is 0 Å². The Labute approximate surface area is 130 Å². The van der Waals surface area contributed by atoms with Crippen molar-refractivity contribution in [3.8, 4) is 17.1 Å². The van der Waals surface area contributed by atoms with Crippen molar-refractivity contribution in [3.05, 3.63) is 59.2 Å². The third kappa shape index (κ3) is 2.54. The summed E-state index contributed by atoms with van der Waals surface area (Å²) in [6.07, 6.45) is -2.11. The summed E-state index contributed by atoms with van der Waals surface area (Å²) >= 11 is 0. The standard InChI is InChI=1S/C16H12F2N4O/c17-15(18)10-4-5-13-12(7-10)8-14(23-13)9-2-1-3-11(6-9)16-19-21-22-20-16/h1-7,14-15H,8H2,(H,19,20,21,22). The van der Waals surface area contributed by atoms with Gasteiger partial charge in [-0.25, -0.2) is 8.78 Å². The number of benzene rings is 2. The molecule has 2 heterocycles. The van der Waals surface area contributed by atoms with E-state index in [1.807, 2.05) is 24.3 Å². The predicted octanol–water partition coefficient (Wildman–Crippen LogP) is 3.48. The van der Waals surface area contributed by atoms with Gasteiger partial charge in [-0.1, -0.05) is 18.2 Å². The van der Waals surface area contributed by atoms with E-state index in [0.717, 1.165) is 16.7 Å². The maximum absolute atomic E-state index is 12.8. The van der Waals surface area contributed by atoms with Crippen LogP contribution < -0.4 is 4.74 Å². The molecule has 1 atom stereocenters. The maximum atomic E-state index is 12.8. The van der Waals surface area contributed by atoms with Crippen molar-refractivity contribution in [2.75, 3.05) is 0 Å². The van der Waals surface area contributed by atoms with Crippen molar-refractivity contribution in [2.45, 2.75) is 19.0 Å². The van der Waals surface area contributed by atoms with E-state index in [1.54, 1.807) is 6.07 Å². The predicted molar refractivity (Wildman–Crippen MR) is 78.1 cm³/mol. The van der Waals surface area contributed by atoms with E-state index >= 15 is 0 Å². The number of tetrazole rings is 1. The highest BCUT2D eigenvalue weighted by molar-refractivity contribution is 5.55. The van der Waals surface area contributed by atoms with Crippen molar-refractivity contribution in [1.82, 2.24) is 20.6 Å². The van der Waals surface area contributed by atoms with Gasteiger partial charge in [-0.05, 0) is 40.6 Å². The lowest BCUT2D eigenvalue weighted by Gasteiger charge is -2.11. The molecule has 1 N–H and O–H groups in total. The Balaban J connectivity index is 1.62. The molecule has 0 amide bonds. The van der Waals surface area contributed by atoms with Crippen LogP contribution in [0.25, 0.3) is 11.4 Å². The normalized spacial score (nSPS) is 16.4. The van der Waals surface area contributed by atoms with Gasteiger partial charge < -0.3 is 4.74 Å². The van der Waals surface area contributed by atoms with Gasteiger partial charge in [0.15, 0.2) is 0 Å². The van der Waals surface area contributed by atoms with Crippen LogP contribution in [0.5, 0.6) is 5.75 Å². The summed E-state index contributed by atoms with van der Waals surface area (Å²) in [6, 6.07) is 12.2. The monoisotopic (exact) mass is 314 g/mol. The number of ether oxygens (including phenoxy) is 1. The third-order valence-corrected chi connectivity index (χ3v) is 3.87. The lowest BCUT2D eigenvalue weighted by atomic mass is 10.0. The number of H-pyrrole nitrogens is 1. The number of aromatic nitrogens is 4. The van der Waals surface area contributed by atoms with Crippen LogP contribution in [0, 0.1) is 0 Å². The number of aromatic amines is 1. The summed E-state index contributed by atoms with van der Waals surface area (Å²) < 4.78 is 31.5. The molecular weight excluding hydrogens is 302 g/mol. The molecule has 0 saturated heterocycles. The van der Waals surface area contributed by atoms with Gasteiger partial charge in [0.1, 0.15) is 11.9 Å². The van der Waals surface area contributed by atoms with Gasteiger partial charge in [-0.3, -0.25) is 0 Å². The molecule has 0 radical (unpaired) electrons. The van der Waals surface area contributed by atoms with Gasteiger partial charge in [0.05, 0.1) is 0 Å². The molecule has 4 rings (SSSR count). The molecule has 0 fully saturated rings. The van der Waals surface area contributed by atoms with Crippen LogP contribution in [-0.4, -0.2) is 20.6 Å². The molecular formula is C16H12F2N4O. The molecule has 1 aromatic heterocycles. The zero-order chi connectivity index (χ0) is 15.8. The molecule has 0 bridgehead atoms. The Morgan fingerprint density at radius 3 is 2.87 bits per heavy atom. The summed E-state index contributed by atoms with van der Waals surface area (Å²) in [4.78, 5) is 0. The molecule has 23 heavy (non-hydrogen) atoms. The first kappa shape index (κ1) is 13.8. The van der Waals surface area contributed by atoms with Crippen molar-refractivity contribution >= 4 is 0 Å². The van der Waals surface area contributed by atoms with Crippen LogP contribution in [-0.2, 0) is 6.42 Å². The van der Waals surface area contributed by atoms with E-state index in [4.69, 9.17) is 4.74 Å². The lowest BCUT2D eigenvalue weighted by Crippen LogP contribution is -2.03. The second-order valence-corrected chi connectivity index (χ2v) is 5.34. The topological polar surface area (TPSA) is 63.7 Å². The van der Waals surface area contributed by atoms with Gasteiger partial charge in [0.25, 0.3) is 6.43 Å². The summed E-state index contributed by atoms with van der Waals surface area (Å²) in [5.41, 5.74) is 2.59. The number of fused-ring (bicyclic) bond motifs is 1. The van der Waals surface area contributed by atoms with E-state index in [0.29, 0.717) is 18.0 Å². The Bertz CT molecular complexity index is 836. The van der Waals surface area contributed by atoms with Crippen LogP contribution in [0.15, 0.2) is 42.5 Å². The van der Waals surface area contributed by atoms with Gasteiger partial charge >= 0.3 is 0 Å². The third-order valence-electron chi connectivity index (χ3n) is 3.87. The van der Waals surface area contributed by atoms with Crippen LogP contribution in [0.2, 0.25) is 0 Å². The minimum absolute atomic E-state index is 0.0218. The highest BCUT2D eigenvalue weighted by Crippen LogP contribution is 2.39. The summed E-state index contributed by atoms with van der Waals surface area (Å²) in [6.45, 7) is 0. The molecule has 7 heteroatoms. The number of hydrogen-bond acceptors (Lipinski definition) is 4. The number of halogens is 2. The Morgan fingerprint density at radius 1 is 1.17 bits per heavy atom. The first-order valence-corrected chi connectivity index (χ1v) is 7.12. The van der Waals surface area contributed by atoms with Crippen molar-refractivity contribution in [3.63, 3.8) is 0 Å². The fourth-order valence-electron chi connectivity index (χ4n) is 2.75. The van der Waals surface area contributed by atoms with E-state index in [9.17, 15) is 8.78 Å². The van der Waals surface area contributed by atoms with Crippen LogP contribution in [0.1, 0.15) is 29.2 Å². The number of hydrogen-bond donors (Lipinski definition) is 1. The number of nitrogens with zero attached hydrogens (tertiary/aromatic N) is 3. The summed E-state index contributed by atoms with van der Waals surface area (Å²) in [5, 5.41) is 13.9. The van der Waals surface area contributed by atoms with Crippen molar-refractivity contribution in [1.29, 1.82) is 0 Å². The quantitative estimate of drug-likeness (QED) is 0.804. The Morgan fingerprint density at radius 2 is 2.09 bits per heavy atom. The first-order valence-electron chi connectivity index (χ1n) is 7.12. The van der Waals surface area contributed by atoms with Gasteiger partial charge in [0.2, 0.25) is 5.82 Å². The molecule has 0 saturated carbocycles. The van der Waals surface area contributed by atoms with Gasteiger partial charge in [-0.15, -0.1) is 10.2 Å². The maximum Gasteiger partial charge on any atom is 0.263 e. The SMILES string of the molecule is FC(F)c1ccc2c(c1)CC(c1cccc(-c3nn[nH]n3)c1)O2. The van der Waals surface area contributed by atoms with Crippen LogP contribution in [0.4, 0.5) is 8.78 Å². The number of rotatable bonds is 3. The molecule has 1 aliphatic heterocycles. The summed E-state index contributed by atoms with van der Waals surface area (Å²) in [7, 11) is 0. The highest BCUT2D eigenvalue weighted by atomic mass is 19.3. The second kappa shape index (κ2) is 5.42. The highest BCUT2D eigenvalue weighted by Gasteiger charge is 2.26. The Hall–Kier alpha value is -2.83.